The summed E-state index contributed by atoms with van der Waals surface area (Å²) < 4.78 is 11.0. The second kappa shape index (κ2) is 6.59. The topological polar surface area (TPSA) is 30.5 Å². The van der Waals surface area contributed by atoms with Crippen LogP contribution in [0.25, 0.3) is 0 Å². The van der Waals surface area contributed by atoms with Crippen LogP contribution >= 0.6 is 0 Å². The lowest BCUT2D eigenvalue weighted by atomic mass is 9.64. The minimum atomic E-state index is 0.240. The Labute approximate surface area is 122 Å². The molecule has 1 fully saturated rings. The number of ether oxygens (including phenoxy) is 2. The Morgan fingerprint density at radius 3 is 2.80 bits per heavy atom. The third-order valence-electron chi connectivity index (χ3n) is 4.48. The Kier molecular flexibility index (Phi) is 5.06. The van der Waals surface area contributed by atoms with E-state index < -0.39 is 0 Å². The molecule has 3 nitrogen and oxygen atoms in total. The molecular formula is C17H27NO2. The first-order chi connectivity index (χ1) is 9.57. The molecule has 0 spiro atoms. The third kappa shape index (κ3) is 3.33. The predicted molar refractivity (Wildman–Crippen MR) is 82.3 cm³/mol. The molecule has 2 unspecified atom stereocenters. The van der Waals surface area contributed by atoms with Crippen molar-refractivity contribution in [2.45, 2.75) is 45.8 Å². The first kappa shape index (κ1) is 15.3. The van der Waals surface area contributed by atoms with Crippen LogP contribution in [0.15, 0.2) is 24.3 Å². The van der Waals surface area contributed by atoms with Crippen LogP contribution in [0.5, 0.6) is 5.75 Å². The molecule has 1 aliphatic carbocycles. The van der Waals surface area contributed by atoms with Crippen LogP contribution in [-0.2, 0) is 11.2 Å². The van der Waals surface area contributed by atoms with Gasteiger partial charge >= 0.3 is 0 Å². The van der Waals surface area contributed by atoms with Gasteiger partial charge in [0.25, 0.3) is 0 Å². The second-order valence-corrected chi connectivity index (χ2v) is 6.11. The highest BCUT2D eigenvalue weighted by molar-refractivity contribution is 5.28. The van der Waals surface area contributed by atoms with Gasteiger partial charge in [0.15, 0.2) is 0 Å². The zero-order valence-corrected chi connectivity index (χ0v) is 13.1. The maximum atomic E-state index is 5.76. The van der Waals surface area contributed by atoms with Crippen LogP contribution in [0.3, 0.4) is 0 Å². The molecule has 0 amide bonds. The summed E-state index contributed by atoms with van der Waals surface area (Å²) in [5, 5.41) is 3.66. The minimum Gasteiger partial charge on any atom is -0.497 e. The van der Waals surface area contributed by atoms with E-state index in [4.69, 9.17) is 9.47 Å². The summed E-state index contributed by atoms with van der Waals surface area (Å²) >= 11 is 0. The average molecular weight is 277 g/mol. The zero-order chi connectivity index (χ0) is 14.6. The summed E-state index contributed by atoms with van der Waals surface area (Å²) in [5.41, 5.74) is 1.56. The Bertz CT molecular complexity index is 431. The molecule has 112 valence electrons. The van der Waals surface area contributed by atoms with E-state index in [1.54, 1.807) is 7.11 Å². The maximum Gasteiger partial charge on any atom is 0.119 e. The van der Waals surface area contributed by atoms with E-state index in [9.17, 15) is 0 Å². The van der Waals surface area contributed by atoms with Crippen molar-refractivity contribution in [1.82, 2.24) is 5.32 Å². The molecule has 1 aliphatic rings. The van der Waals surface area contributed by atoms with Crippen LogP contribution < -0.4 is 10.1 Å². The van der Waals surface area contributed by atoms with Gasteiger partial charge < -0.3 is 14.8 Å². The van der Waals surface area contributed by atoms with Crippen molar-refractivity contribution in [3.8, 4) is 5.75 Å². The molecule has 0 saturated heterocycles. The highest BCUT2D eigenvalue weighted by Crippen LogP contribution is 2.42. The molecule has 0 radical (unpaired) electrons. The van der Waals surface area contributed by atoms with E-state index in [0.717, 1.165) is 31.7 Å². The van der Waals surface area contributed by atoms with Crippen molar-refractivity contribution in [1.29, 1.82) is 0 Å². The van der Waals surface area contributed by atoms with E-state index in [0.29, 0.717) is 12.1 Å². The van der Waals surface area contributed by atoms with Crippen LogP contribution in [0.2, 0.25) is 0 Å². The van der Waals surface area contributed by atoms with Gasteiger partial charge in [-0.05, 0) is 44.0 Å². The molecule has 1 saturated carbocycles. The molecule has 1 N–H and O–H groups in total. The molecule has 0 aromatic heterocycles. The number of hydrogen-bond acceptors (Lipinski definition) is 3. The summed E-state index contributed by atoms with van der Waals surface area (Å²) in [6.07, 6.45) is 2.56. The van der Waals surface area contributed by atoms with Gasteiger partial charge in [-0.1, -0.05) is 26.0 Å². The highest BCUT2D eigenvalue weighted by atomic mass is 16.5. The Morgan fingerprint density at radius 2 is 2.15 bits per heavy atom. The van der Waals surface area contributed by atoms with Gasteiger partial charge in [0, 0.05) is 18.1 Å². The monoisotopic (exact) mass is 277 g/mol. The minimum absolute atomic E-state index is 0.240. The third-order valence-corrected chi connectivity index (χ3v) is 4.48. The lowest BCUT2D eigenvalue weighted by Crippen LogP contribution is -2.61. The first-order valence-corrected chi connectivity index (χ1v) is 7.55. The second-order valence-electron chi connectivity index (χ2n) is 6.11. The van der Waals surface area contributed by atoms with Gasteiger partial charge in [-0.2, -0.15) is 0 Å². The van der Waals surface area contributed by atoms with Crippen molar-refractivity contribution in [3.05, 3.63) is 29.8 Å². The van der Waals surface area contributed by atoms with Crippen LogP contribution in [0, 0.1) is 5.41 Å². The van der Waals surface area contributed by atoms with Crippen molar-refractivity contribution in [2.24, 2.45) is 5.41 Å². The number of nitrogens with one attached hydrogen (secondary N) is 1. The molecule has 0 heterocycles. The fraction of sp³-hybridized carbons (Fsp3) is 0.647. The van der Waals surface area contributed by atoms with E-state index in [2.05, 4.69) is 38.2 Å². The fourth-order valence-corrected chi connectivity index (χ4v) is 2.93. The molecule has 3 heteroatoms. The number of hydrogen-bond donors (Lipinski definition) is 1. The van der Waals surface area contributed by atoms with Crippen molar-refractivity contribution >= 4 is 0 Å². The average Bonchev–Trinajstić information content (AvgIpc) is 2.45. The molecule has 0 aliphatic heterocycles. The summed E-state index contributed by atoms with van der Waals surface area (Å²) in [6, 6.07) is 8.85. The van der Waals surface area contributed by atoms with Gasteiger partial charge in [-0.3, -0.25) is 0 Å². The molecule has 1 aromatic rings. The van der Waals surface area contributed by atoms with Gasteiger partial charge in [0.05, 0.1) is 13.2 Å². The molecule has 0 bridgehead atoms. The zero-order valence-electron chi connectivity index (χ0n) is 13.1. The lowest BCUT2D eigenvalue weighted by molar-refractivity contribution is -0.113. The van der Waals surface area contributed by atoms with E-state index in [1.165, 1.54) is 5.56 Å². The van der Waals surface area contributed by atoms with Gasteiger partial charge in [-0.25, -0.2) is 0 Å². The van der Waals surface area contributed by atoms with Crippen LogP contribution in [-0.4, -0.2) is 32.4 Å². The SMILES string of the molecule is CCOC1CC(NCCc2cccc(OC)c2)C1(C)C. The van der Waals surface area contributed by atoms with Gasteiger partial charge in [0.2, 0.25) is 0 Å². The fourth-order valence-electron chi connectivity index (χ4n) is 2.93. The summed E-state index contributed by atoms with van der Waals surface area (Å²) in [7, 11) is 1.71. The molecular weight excluding hydrogens is 250 g/mol. The predicted octanol–water partition coefficient (Wildman–Crippen LogP) is 3.03. The van der Waals surface area contributed by atoms with Crippen LogP contribution in [0.4, 0.5) is 0 Å². The Balaban J connectivity index is 1.76. The summed E-state index contributed by atoms with van der Waals surface area (Å²) in [4.78, 5) is 0. The van der Waals surface area contributed by atoms with E-state index in [1.807, 2.05) is 12.1 Å². The lowest BCUT2D eigenvalue weighted by Gasteiger charge is -2.52. The first-order valence-electron chi connectivity index (χ1n) is 7.55. The maximum absolute atomic E-state index is 5.76. The van der Waals surface area contributed by atoms with E-state index in [-0.39, 0.29) is 5.41 Å². The quantitative estimate of drug-likeness (QED) is 0.831. The molecule has 20 heavy (non-hydrogen) atoms. The number of benzene rings is 1. The van der Waals surface area contributed by atoms with Crippen molar-refractivity contribution < 1.29 is 9.47 Å². The van der Waals surface area contributed by atoms with E-state index >= 15 is 0 Å². The van der Waals surface area contributed by atoms with Crippen LogP contribution in [0.1, 0.15) is 32.8 Å². The Morgan fingerprint density at radius 1 is 1.35 bits per heavy atom. The van der Waals surface area contributed by atoms with Gasteiger partial charge in [0.1, 0.15) is 5.75 Å². The normalized spacial score (nSPS) is 24.2. The largest absolute Gasteiger partial charge is 0.497 e. The number of methoxy groups -OCH3 is 1. The molecule has 2 rings (SSSR count). The molecule has 1 aromatic carbocycles. The Hall–Kier alpha value is -1.06. The summed E-state index contributed by atoms with van der Waals surface area (Å²) in [6.45, 7) is 8.46. The molecule has 2 atom stereocenters. The number of rotatable bonds is 7. The highest BCUT2D eigenvalue weighted by Gasteiger charge is 2.48. The smallest absolute Gasteiger partial charge is 0.119 e. The van der Waals surface area contributed by atoms with Crippen molar-refractivity contribution in [2.75, 3.05) is 20.3 Å². The van der Waals surface area contributed by atoms with Crippen molar-refractivity contribution in [3.63, 3.8) is 0 Å². The van der Waals surface area contributed by atoms with Gasteiger partial charge in [-0.15, -0.1) is 0 Å². The summed E-state index contributed by atoms with van der Waals surface area (Å²) in [5.74, 6) is 0.933. The standard InChI is InChI=1S/C17H27NO2/c1-5-20-16-12-15(17(16,2)3)18-10-9-13-7-6-8-14(11-13)19-4/h6-8,11,15-16,18H,5,9-10,12H2,1-4H3.